The van der Waals surface area contributed by atoms with E-state index >= 15 is 0 Å². The zero-order valence-corrected chi connectivity index (χ0v) is 13.6. The Labute approximate surface area is 130 Å². The van der Waals surface area contributed by atoms with Crippen LogP contribution in [0.3, 0.4) is 0 Å². The molecule has 1 N–H and O–H groups in total. The fourth-order valence-corrected chi connectivity index (χ4v) is 3.77. The van der Waals surface area contributed by atoms with Crippen molar-refractivity contribution in [2.75, 3.05) is 19.3 Å². The van der Waals surface area contributed by atoms with Crippen LogP contribution in [0.5, 0.6) is 0 Å². The van der Waals surface area contributed by atoms with Gasteiger partial charge < -0.3 is 0 Å². The summed E-state index contributed by atoms with van der Waals surface area (Å²) in [5.74, 6) is 0.142. The largest absolute Gasteiger partial charge is 0.282 e. The summed E-state index contributed by atoms with van der Waals surface area (Å²) in [7, 11) is -3.14. The second kappa shape index (κ2) is 5.81. The van der Waals surface area contributed by atoms with E-state index in [0.717, 1.165) is 35.6 Å². The van der Waals surface area contributed by atoms with Crippen LogP contribution in [0, 0.1) is 6.92 Å². The number of aryl methyl sites for hydroxylation is 1. The Hall–Kier alpha value is -1.73. The molecule has 1 saturated heterocycles. The van der Waals surface area contributed by atoms with Gasteiger partial charge in [0.05, 0.1) is 11.9 Å². The van der Waals surface area contributed by atoms with Gasteiger partial charge in [-0.3, -0.25) is 10.1 Å². The molecular formula is C15H20N4O2S. The molecule has 118 valence electrons. The van der Waals surface area contributed by atoms with Gasteiger partial charge in [-0.15, -0.1) is 0 Å². The third kappa shape index (κ3) is 3.20. The summed E-state index contributed by atoms with van der Waals surface area (Å²) >= 11 is 0. The standard InChI is InChI=1S/C15H20N4O2S/c1-11-9-15(18-17-11)14-7-3-6-13(16-14)12-5-4-8-19(10-12)22(2,20)21/h3,6-7,9,12H,4-5,8,10H2,1-2H3,(H,17,18)/t12-/m1/s1. The van der Waals surface area contributed by atoms with Crippen LogP contribution < -0.4 is 0 Å². The monoisotopic (exact) mass is 320 g/mol. The minimum absolute atomic E-state index is 0.142. The number of aromatic nitrogens is 3. The van der Waals surface area contributed by atoms with Crippen molar-refractivity contribution >= 4 is 10.0 Å². The number of H-pyrrole nitrogens is 1. The molecule has 0 aliphatic carbocycles. The zero-order chi connectivity index (χ0) is 15.7. The minimum atomic E-state index is -3.14. The van der Waals surface area contributed by atoms with Crippen LogP contribution in [-0.4, -0.2) is 47.2 Å². The van der Waals surface area contributed by atoms with Gasteiger partial charge in [0.2, 0.25) is 10.0 Å². The Kier molecular flexibility index (Phi) is 4.01. The summed E-state index contributed by atoms with van der Waals surface area (Å²) in [5.41, 5.74) is 3.56. The number of hydrogen-bond acceptors (Lipinski definition) is 4. The third-order valence-electron chi connectivity index (χ3n) is 4.01. The number of piperidine rings is 1. The van der Waals surface area contributed by atoms with Gasteiger partial charge in [-0.25, -0.2) is 12.7 Å². The topological polar surface area (TPSA) is 79.0 Å². The van der Waals surface area contributed by atoms with Gasteiger partial charge in [0.1, 0.15) is 5.69 Å². The lowest BCUT2D eigenvalue weighted by Gasteiger charge is -2.30. The van der Waals surface area contributed by atoms with E-state index in [1.54, 1.807) is 4.31 Å². The molecule has 0 radical (unpaired) electrons. The fraction of sp³-hybridized carbons (Fsp3) is 0.467. The number of nitrogens with zero attached hydrogens (tertiary/aromatic N) is 3. The van der Waals surface area contributed by atoms with E-state index in [9.17, 15) is 8.42 Å². The Morgan fingerprint density at radius 2 is 2.14 bits per heavy atom. The Morgan fingerprint density at radius 1 is 1.32 bits per heavy atom. The Morgan fingerprint density at radius 3 is 2.82 bits per heavy atom. The smallest absolute Gasteiger partial charge is 0.211 e. The Balaban J connectivity index is 1.86. The van der Waals surface area contributed by atoms with E-state index < -0.39 is 10.0 Å². The van der Waals surface area contributed by atoms with Gasteiger partial charge in [0.25, 0.3) is 0 Å². The molecule has 6 nitrogen and oxygen atoms in total. The normalized spacial score (nSPS) is 20.2. The number of rotatable bonds is 3. The molecule has 3 heterocycles. The lowest BCUT2D eigenvalue weighted by atomic mass is 9.95. The molecule has 3 rings (SSSR count). The van der Waals surface area contributed by atoms with Crippen LogP contribution in [0.4, 0.5) is 0 Å². The van der Waals surface area contributed by atoms with Crippen molar-refractivity contribution in [2.24, 2.45) is 0 Å². The maximum atomic E-state index is 11.7. The summed E-state index contributed by atoms with van der Waals surface area (Å²) in [6.07, 6.45) is 3.10. The predicted octanol–water partition coefficient (Wildman–Crippen LogP) is 1.92. The van der Waals surface area contributed by atoms with Crippen molar-refractivity contribution in [2.45, 2.75) is 25.7 Å². The lowest BCUT2D eigenvalue weighted by molar-refractivity contribution is 0.314. The maximum Gasteiger partial charge on any atom is 0.211 e. The van der Waals surface area contributed by atoms with E-state index in [2.05, 4.69) is 10.2 Å². The van der Waals surface area contributed by atoms with Crippen molar-refractivity contribution in [3.8, 4) is 11.4 Å². The van der Waals surface area contributed by atoms with Crippen LogP contribution in [0.2, 0.25) is 0 Å². The molecule has 0 bridgehead atoms. The molecule has 2 aromatic rings. The first kappa shape index (κ1) is 15.2. The zero-order valence-electron chi connectivity index (χ0n) is 12.8. The van der Waals surface area contributed by atoms with Gasteiger partial charge in [-0.1, -0.05) is 6.07 Å². The highest BCUT2D eigenvalue weighted by molar-refractivity contribution is 7.88. The van der Waals surface area contributed by atoms with Gasteiger partial charge >= 0.3 is 0 Å². The number of pyridine rings is 1. The lowest BCUT2D eigenvalue weighted by Crippen LogP contribution is -2.38. The summed E-state index contributed by atoms with van der Waals surface area (Å²) in [6.45, 7) is 3.06. The maximum absolute atomic E-state index is 11.7. The molecule has 22 heavy (non-hydrogen) atoms. The molecule has 0 saturated carbocycles. The van der Waals surface area contributed by atoms with Crippen LogP contribution in [0.15, 0.2) is 24.3 Å². The van der Waals surface area contributed by atoms with E-state index in [4.69, 9.17) is 4.98 Å². The average molecular weight is 320 g/mol. The van der Waals surface area contributed by atoms with E-state index in [1.165, 1.54) is 6.26 Å². The summed E-state index contributed by atoms with van der Waals surface area (Å²) < 4.78 is 25.0. The quantitative estimate of drug-likeness (QED) is 0.937. The van der Waals surface area contributed by atoms with Gasteiger partial charge in [-0.05, 0) is 38.0 Å². The van der Waals surface area contributed by atoms with Crippen molar-refractivity contribution < 1.29 is 8.42 Å². The molecule has 0 aromatic carbocycles. The van der Waals surface area contributed by atoms with Gasteiger partial charge in [-0.2, -0.15) is 5.10 Å². The van der Waals surface area contributed by atoms with Crippen LogP contribution >= 0.6 is 0 Å². The minimum Gasteiger partial charge on any atom is -0.282 e. The van der Waals surface area contributed by atoms with Crippen LogP contribution in [0.25, 0.3) is 11.4 Å². The highest BCUT2D eigenvalue weighted by atomic mass is 32.2. The summed E-state index contributed by atoms with van der Waals surface area (Å²) in [5, 5.41) is 7.15. The second-order valence-corrected chi connectivity index (χ2v) is 7.83. The predicted molar refractivity (Wildman–Crippen MR) is 84.9 cm³/mol. The summed E-state index contributed by atoms with van der Waals surface area (Å²) in [6, 6.07) is 7.81. The molecule has 0 spiro atoms. The van der Waals surface area contributed by atoms with Gasteiger partial charge in [0, 0.05) is 30.4 Å². The van der Waals surface area contributed by atoms with Crippen molar-refractivity contribution in [3.63, 3.8) is 0 Å². The first-order valence-electron chi connectivity index (χ1n) is 7.38. The van der Waals surface area contributed by atoms with Crippen LogP contribution in [-0.2, 0) is 10.0 Å². The molecule has 2 aromatic heterocycles. The molecule has 1 aliphatic heterocycles. The number of aromatic amines is 1. The Bertz CT molecular complexity index is 769. The van der Waals surface area contributed by atoms with Crippen molar-refractivity contribution in [1.82, 2.24) is 19.5 Å². The molecule has 1 atom stereocenters. The van der Waals surface area contributed by atoms with Crippen LogP contribution in [0.1, 0.15) is 30.1 Å². The molecule has 0 unspecified atom stereocenters. The number of nitrogens with one attached hydrogen (secondary N) is 1. The third-order valence-corrected chi connectivity index (χ3v) is 5.28. The highest BCUT2D eigenvalue weighted by Crippen LogP contribution is 2.28. The molecule has 0 amide bonds. The molecular weight excluding hydrogens is 300 g/mol. The molecule has 1 aliphatic rings. The first-order valence-corrected chi connectivity index (χ1v) is 9.23. The molecule has 7 heteroatoms. The number of sulfonamides is 1. The van der Waals surface area contributed by atoms with Crippen molar-refractivity contribution in [3.05, 3.63) is 35.7 Å². The van der Waals surface area contributed by atoms with Gasteiger partial charge in [0.15, 0.2) is 0 Å². The average Bonchev–Trinajstić information content (AvgIpc) is 2.93. The molecule has 1 fully saturated rings. The van der Waals surface area contributed by atoms with Crippen molar-refractivity contribution in [1.29, 1.82) is 0 Å². The van der Waals surface area contributed by atoms with E-state index in [0.29, 0.717) is 13.1 Å². The first-order chi connectivity index (χ1) is 10.4. The SMILES string of the molecule is Cc1cc(-c2cccc([C@@H]3CCCN(S(C)(=O)=O)C3)n2)n[nH]1. The number of hydrogen-bond donors (Lipinski definition) is 1. The highest BCUT2D eigenvalue weighted by Gasteiger charge is 2.27. The fourth-order valence-electron chi connectivity index (χ4n) is 2.86. The van der Waals surface area contributed by atoms with E-state index in [-0.39, 0.29) is 5.92 Å². The second-order valence-electron chi connectivity index (χ2n) is 5.84. The van der Waals surface area contributed by atoms with E-state index in [1.807, 2.05) is 31.2 Å². The summed E-state index contributed by atoms with van der Waals surface area (Å²) in [4.78, 5) is 4.69.